The molecule has 1 N–H and O–H groups in total. The van der Waals surface area contributed by atoms with Gasteiger partial charge in [0.15, 0.2) is 0 Å². The molecule has 5 nitrogen and oxygen atoms in total. The lowest BCUT2D eigenvalue weighted by Crippen LogP contribution is -3.12. The maximum Gasteiger partial charge on any atom is 0.227 e. The Hall–Kier alpha value is -1.36. The van der Waals surface area contributed by atoms with Gasteiger partial charge in [-0.25, -0.2) is 0 Å². The highest BCUT2D eigenvalue weighted by Crippen LogP contribution is 2.34. The van der Waals surface area contributed by atoms with Gasteiger partial charge in [-0.15, -0.1) is 0 Å². The third-order valence-corrected chi connectivity index (χ3v) is 4.61. The molecule has 2 aliphatic rings. The minimum absolute atomic E-state index is 0.00833. The summed E-state index contributed by atoms with van der Waals surface area (Å²) in [6.07, 6.45) is 2.50. The van der Waals surface area contributed by atoms with Crippen LogP contribution >= 0.6 is 0 Å². The molecule has 2 rings (SSSR count). The fraction of sp³-hybridized carbons (Fsp3) is 0.733. The van der Waals surface area contributed by atoms with E-state index in [-0.39, 0.29) is 11.8 Å². The topological polar surface area (TPSA) is 64.9 Å². The zero-order chi connectivity index (χ0) is 14.9. The maximum atomic E-state index is 12.7. The van der Waals surface area contributed by atoms with Gasteiger partial charge in [0.1, 0.15) is 0 Å². The van der Waals surface area contributed by atoms with E-state index in [4.69, 9.17) is 0 Å². The number of piperazine rings is 1. The van der Waals surface area contributed by atoms with Crippen LogP contribution in [0.4, 0.5) is 0 Å². The van der Waals surface area contributed by atoms with Crippen LogP contribution in [0.2, 0.25) is 0 Å². The molecule has 0 saturated carbocycles. The zero-order valence-corrected chi connectivity index (χ0v) is 12.5. The Morgan fingerprint density at radius 3 is 2.50 bits per heavy atom. The highest BCUT2D eigenvalue weighted by Gasteiger charge is 2.38. The Morgan fingerprint density at radius 2 is 1.95 bits per heavy atom. The third-order valence-electron chi connectivity index (χ3n) is 4.61. The lowest BCUT2D eigenvalue weighted by atomic mass is 9.73. The number of hydrogen-bond donors (Lipinski definition) is 1. The molecular weight excluding hydrogens is 256 g/mol. The average molecular weight is 280 g/mol. The average Bonchev–Trinajstić information content (AvgIpc) is 2.37. The first-order valence-electron chi connectivity index (χ1n) is 7.38. The standard InChI is InChI=1S/C15H24N2O3/c1-10-8-11(2)13(15(19)20)12(9-10)14(18)17-6-4-16(3)5-7-17/h8,11-13H,4-7,9H2,1-3H3,(H,19,20)/t11-,12-,13+/m0/s1. The lowest BCUT2D eigenvalue weighted by molar-refractivity contribution is -0.883. The number of nitrogens with zero attached hydrogens (tertiary/aromatic N) is 1. The Balaban J connectivity index is 2.14. The van der Waals surface area contributed by atoms with Crippen molar-refractivity contribution in [1.82, 2.24) is 4.90 Å². The molecule has 1 fully saturated rings. The summed E-state index contributed by atoms with van der Waals surface area (Å²) in [5.74, 6) is -2.40. The van der Waals surface area contributed by atoms with E-state index in [9.17, 15) is 14.7 Å². The van der Waals surface area contributed by atoms with E-state index in [1.165, 1.54) is 4.90 Å². The summed E-state index contributed by atoms with van der Waals surface area (Å²) in [6, 6.07) is 0. The summed E-state index contributed by atoms with van der Waals surface area (Å²) in [5, 5.41) is 11.4. The number of allylic oxidation sites excluding steroid dienone is 2. The Kier molecular flexibility index (Phi) is 4.48. The van der Waals surface area contributed by atoms with Crippen molar-refractivity contribution >= 4 is 11.9 Å². The molecule has 0 unspecified atom stereocenters. The van der Waals surface area contributed by atoms with E-state index >= 15 is 0 Å². The van der Waals surface area contributed by atoms with Gasteiger partial charge >= 0.3 is 0 Å². The number of hydrogen-bond acceptors (Lipinski definition) is 3. The van der Waals surface area contributed by atoms with Crippen molar-refractivity contribution in [3.8, 4) is 0 Å². The Morgan fingerprint density at radius 1 is 1.35 bits per heavy atom. The van der Waals surface area contributed by atoms with E-state index in [0.717, 1.165) is 31.8 Å². The van der Waals surface area contributed by atoms with Crippen LogP contribution in [0, 0.1) is 17.8 Å². The minimum atomic E-state index is -1.10. The highest BCUT2D eigenvalue weighted by molar-refractivity contribution is 5.85. The van der Waals surface area contributed by atoms with Crippen LogP contribution < -0.4 is 10.0 Å². The second kappa shape index (κ2) is 5.95. The molecular formula is C15H24N2O3. The number of amides is 1. The van der Waals surface area contributed by atoms with Gasteiger partial charge in [-0.3, -0.25) is 4.79 Å². The molecule has 0 aromatic carbocycles. The number of rotatable bonds is 2. The van der Waals surface area contributed by atoms with Gasteiger partial charge in [0, 0.05) is 11.9 Å². The largest absolute Gasteiger partial charge is 0.550 e. The molecule has 1 aliphatic heterocycles. The van der Waals surface area contributed by atoms with Gasteiger partial charge < -0.3 is 19.7 Å². The number of carboxylic acids is 1. The SMILES string of the molecule is CC1=C[C@H](C)[C@@H](C(=O)[O-])[C@@H](C(=O)N2CC[NH+](C)CC2)C1. The summed E-state index contributed by atoms with van der Waals surface area (Å²) in [5.41, 5.74) is 1.10. The van der Waals surface area contributed by atoms with Gasteiger partial charge in [-0.05, 0) is 19.3 Å². The molecule has 1 heterocycles. The van der Waals surface area contributed by atoms with Crippen molar-refractivity contribution in [3.63, 3.8) is 0 Å². The number of carbonyl (C=O) groups excluding carboxylic acids is 2. The van der Waals surface area contributed by atoms with Gasteiger partial charge in [0.2, 0.25) is 5.91 Å². The first-order valence-corrected chi connectivity index (χ1v) is 7.38. The number of likely N-dealkylation sites (N-methyl/N-ethyl adjacent to an activating group) is 1. The minimum Gasteiger partial charge on any atom is -0.550 e. The van der Waals surface area contributed by atoms with Crippen LogP contribution in [0.1, 0.15) is 20.3 Å². The molecule has 112 valence electrons. The van der Waals surface area contributed by atoms with Crippen LogP contribution in [-0.2, 0) is 9.59 Å². The molecule has 5 heteroatoms. The highest BCUT2D eigenvalue weighted by atomic mass is 16.4. The van der Waals surface area contributed by atoms with Crippen molar-refractivity contribution in [2.24, 2.45) is 17.8 Å². The van der Waals surface area contributed by atoms with Gasteiger partial charge in [0.05, 0.1) is 39.1 Å². The summed E-state index contributed by atoms with van der Waals surface area (Å²) in [6.45, 7) is 7.13. The van der Waals surface area contributed by atoms with E-state index in [1.54, 1.807) is 0 Å². The van der Waals surface area contributed by atoms with E-state index in [1.807, 2.05) is 24.8 Å². The van der Waals surface area contributed by atoms with Crippen LogP contribution in [0.25, 0.3) is 0 Å². The Bertz CT molecular complexity index is 425. The van der Waals surface area contributed by atoms with E-state index in [2.05, 4.69) is 7.05 Å². The Labute approximate surface area is 120 Å². The smallest absolute Gasteiger partial charge is 0.227 e. The van der Waals surface area contributed by atoms with Crippen molar-refractivity contribution in [3.05, 3.63) is 11.6 Å². The molecule has 0 bridgehead atoms. The molecule has 0 aromatic rings. The fourth-order valence-electron chi connectivity index (χ4n) is 3.42. The van der Waals surface area contributed by atoms with Gasteiger partial charge in [0.25, 0.3) is 0 Å². The third kappa shape index (κ3) is 3.03. The number of carbonyl (C=O) groups is 2. The number of carboxylic acid groups (broad SMARTS) is 1. The van der Waals surface area contributed by atoms with Crippen molar-refractivity contribution in [2.45, 2.75) is 20.3 Å². The lowest BCUT2D eigenvalue weighted by Gasteiger charge is -2.39. The van der Waals surface area contributed by atoms with Crippen LogP contribution in [0.5, 0.6) is 0 Å². The summed E-state index contributed by atoms with van der Waals surface area (Å²) in [7, 11) is 2.11. The molecule has 0 spiro atoms. The molecule has 0 radical (unpaired) electrons. The summed E-state index contributed by atoms with van der Waals surface area (Å²) >= 11 is 0. The van der Waals surface area contributed by atoms with Crippen molar-refractivity contribution in [1.29, 1.82) is 0 Å². The summed E-state index contributed by atoms with van der Waals surface area (Å²) < 4.78 is 0. The summed E-state index contributed by atoms with van der Waals surface area (Å²) in [4.78, 5) is 27.3. The molecule has 3 atom stereocenters. The number of aliphatic carboxylic acids is 1. The first-order chi connectivity index (χ1) is 9.40. The van der Waals surface area contributed by atoms with Gasteiger partial charge in [-0.1, -0.05) is 18.6 Å². The molecule has 1 aliphatic carbocycles. The molecule has 20 heavy (non-hydrogen) atoms. The normalized spacial score (nSPS) is 31.9. The van der Waals surface area contributed by atoms with Crippen LogP contribution in [0.15, 0.2) is 11.6 Å². The second-order valence-corrected chi connectivity index (χ2v) is 6.31. The van der Waals surface area contributed by atoms with Crippen molar-refractivity contribution in [2.75, 3.05) is 33.2 Å². The van der Waals surface area contributed by atoms with E-state index in [0.29, 0.717) is 6.42 Å². The number of nitrogens with one attached hydrogen (secondary N) is 1. The maximum absolute atomic E-state index is 12.7. The first kappa shape index (κ1) is 15.0. The zero-order valence-electron chi connectivity index (χ0n) is 12.5. The molecule has 1 amide bonds. The predicted octanol–water partition coefficient (Wildman–Crippen LogP) is -1.69. The monoisotopic (exact) mass is 280 g/mol. The molecule has 0 aromatic heterocycles. The fourth-order valence-corrected chi connectivity index (χ4v) is 3.42. The van der Waals surface area contributed by atoms with Crippen LogP contribution in [0.3, 0.4) is 0 Å². The van der Waals surface area contributed by atoms with Gasteiger partial charge in [-0.2, -0.15) is 0 Å². The van der Waals surface area contributed by atoms with Crippen molar-refractivity contribution < 1.29 is 19.6 Å². The second-order valence-electron chi connectivity index (χ2n) is 6.31. The van der Waals surface area contributed by atoms with E-state index < -0.39 is 17.8 Å². The molecule has 1 saturated heterocycles. The quantitative estimate of drug-likeness (QED) is 0.614. The predicted molar refractivity (Wildman–Crippen MR) is 72.7 cm³/mol. The number of quaternary nitrogens is 1. The van der Waals surface area contributed by atoms with Crippen LogP contribution in [-0.4, -0.2) is 50.0 Å².